The monoisotopic (exact) mass is 801 g/mol. The van der Waals surface area contributed by atoms with E-state index in [1.165, 1.54) is 98.8 Å². The summed E-state index contributed by atoms with van der Waals surface area (Å²) in [6, 6.07) is 86.6. The molecule has 0 saturated heterocycles. The summed E-state index contributed by atoms with van der Waals surface area (Å²) in [5.74, 6) is 0. The van der Waals surface area contributed by atoms with Gasteiger partial charge in [-0.3, -0.25) is 0 Å². The average molecular weight is 802 g/mol. The molecule has 13 rings (SSSR count). The highest BCUT2D eigenvalue weighted by molar-refractivity contribution is 6.16. The molecule has 0 aliphatic carbocycles. The predicted octanol–water partition coefficient (Wildman–Crippen LogP) is 16.0. The topological polar surface area (TPSA) is 14.8 Å². The second-order valence-electron chi connectivity index (χ2n) is 16.5. The van der Waals surface area contributed by atoms with Crippen molar-refractivity contribution >= 4 is 65.4 Å². The summed E-state index contributed by atoms with van der Waals surface area (Å²) in [6.45, 7) is 0. The normalized spacial score (nSPS) is 11.8. The van der Waals surface area contributed by atoms with Gasteiger partial charge >= 0.3 is 0 Å². The Bertz CT molecular complexity index is 3710. The lowest BCUT2D eigenvalue weighted by molar-refractivity contribution is 1.18. The highest BCUT2D eigenvalue weighted by Gasteiger charge is 2.21. The molecule has 13 aromatic rings. The number of hydrogen-bond acceptors (Lipinski definition) is 0. The van der Waals surface area contributed by atoms with Gasteiger partial charge in [-0.2, -0.15) is 0 Å². The number of rotatable bonds is 6. The van der Waals surface area contributed by atoms with Crippen molar-refractivity contribution in [3.63, 3.8) is 0 Å². The van der Waals surface area contributed by atoms with E-state index in [4.69, 9.17) is 0 Å². The fourth-order valence-electron chi connectivity index (χ4n) is 10.3. The molecule has 0 fully saturated rings. The van der Waals surface area contributed by atoms with Crippen LogP contribution in [0.25, 0.3) is 116 Å². The van der Waals surface area contributed by atoms with Gasteiger partial charge in [0.15, 0.2) is 0 Å². The van der Waals surface area contributed by atoms with Crippen LogP contribution >= 0.6 is 0 Å². The Labute approximate surface area is 364 Å². The van der Waals surface area contributed by atoms with Crippen molar-refractivity contribution in [3.05, 3.63) is 237 Å². The lowest BCUT2D eigenvalue weighted by atomic mass is 9.91. The van der Waals surface area contributed by atoms with Crippen LogP contribution < -0.4 is 0 Å². The summed E-state index contributed by atoms with van der Waals surface area (Å²) in [5, 5.41) is 7.43. The SMILES string of the molecule is c1ccc(-n2c3ccccc3c3cc(-c4cc(-c5cccc6c7ccccc7n(-c7ccccc7)c56)cc(-c5cccc6c7ccccc7n(-c7ccccc7)c56)c4)ccc32)cc1. The summed E-state index contributed by atoms with van der Waals surface area (Å²) in [7, 11) is 0. The highest BCUT2D eigenvalue weighted by atomic mass is 15.0. The second kappa shape index (κ2) is 14.1. The van der Waals surface area contributed by atoms with E-state index in [0.29, 0.717) is 0 Å². The standard InChI is InChI=1S/C60H39N3/c1-4-18-44(19-5-1)61-55-31-13-12-26-51(55)54-39-40(34-35-58(54)61)41-36-42(47-27-16-29-52-49-24-10-14-32-56(49)62(59(47)52)45-20-6-2-7-21-45)38-43(37-41)48-28-17-30-53-50-25-11-15-33-57(50)63(60(48)53)46-22-8-3-9-23-46/h1-39H. The molecular weight excluding hydrogens is 763 g/mol. The van der Waals surface area contributed by atoms with E-state index in [-0.39, 0.29) is 0 Å². The van der Waals surface area contributed by atoms with Crippen LogP contribution in [0.3, 0.4) is 0 Å². The van der Waals surface area contributed by atoms with Gasteiger partial charge < -0.3 is 13.7 Å². The fraction of sp³-hybridized carbons (Fsp3) is 0. The third kappa shape index (κ3) is 5.46. The zero-order valence-corrected chi connectivity index (χ0v) is 34.4. The molecule has 294 valence electrons. The molecule has 0 aliphatic heterocycles. The van der Waals surface area contributed by atoms with E-state index in [1.807, 2.05) is 0 Å². The third-order valence-corrected chi connectivity index (χ3v) is 13.0. The minimum Gasteiger partial charge on any atom is -0.309 e. The molecule has 3 aromatic heterocycles. The average Bonchev–Trinajstić information content (AvgIpc) is 4.00. The predicted molar refractivity (Wildman–Crippen MR) is 266 cm³/mol. The van der Waals surface area contributed by atoms with Gasteiger partial charge in [0.25, 0.3) is 0 Å². The molecule has 0 N–H and O–H groups in total. The van der Waals surface area contributed by atoms with E-state index >= 15 is 0 Å². The van der Waals surface area contributed by atoms with Crippen molar-refractivity contribution in [2.45, 2.75) is 0 Å². The minimum absolute atomic E-state index is 1.14. The third-order valence-electron chi connectivity index (χ3n) is 13.0. The first-order valence-electron chi connectivity index (χ1n) is 21.7. The van der Waals surface area contributed by atoms with E-state index in [0.717, 1.165) is 17.1 Å². The van der Waals surface area contributed by atoms with Crippen molar-refractivity contribution in [1.82, 2.24) is 13.7 Å². The Balaban J connectivity index is 1.13. The number of para-hydroxylation sites is 8. The molecule has 0 unspecified atom stereocenters. The molecular formula is C60H39N3. The van der Waals surface area contributed by atoms with Gasteiger partial charge in [0.2, 0.25) is 0 Å². The molecule has 0 bridgehead atoms. The molecule has 0 atom stereocenters. The van der Waals surface area contributed by atoms with Crippen molar-refractivity contribution < 1.29 is 0 Å². The maximum atomic E-state index is 2.45. The lowest BCUT2D eigenvalue weighted by Gasteiger charge is -2.16. The summed E-state index contributed by atoms with van der Waals surface area (Å²) in [5.41, 5.74) is 17.7. The molecule has 10 aromatic carbocycles. The molecule has 0 amide bonds. The van der Waals surface area contributed by atoms with Crippen molar-refractivity contribution in [1.29, 1.82) is 0 Å². The fourth-order valence-corrected chi connectivity index (χ4v) is 10.3. The Morgan fingerprint density at radius 3 is 1.06 bits per heavy atom. The van der Waals surface area contributed by atoms with E-state index < -0.39 is 0 Å². The molecule has 0 radical (unpaired) electrons. The van der Waals surface area contributed by atoms with E-state index in [1.54, 1.807) is 0 Å². The summed E-state index contributed by atoms with van der Waals surface area (Å²) in [4.78, 5) is 0. The van der Waals surface area contributed by atoms with Crippen LogP contribution in [-0.4, -0.2) is 13.7 Å². The highest BCUT2D eigenvalue weighted by Crippen LogP contribution is 2.44. The lowest BCUT2D eigenvalue weighted by Crippen LogP contribution is -1.97. The van der Waals surface area contributed by atoms with Gasteiger partial charge in [0, 0.05) is 60.5 Å². The van der Waals surface area contributed by atoms with Crippen LogP contribution in [0.5, 0.6) is 0 Å². The van der Waals surface area contributed by atoms with Crippen LogP contribution in [0, 0.1) is 0 Å². The molecule has 0 aliphatic rings. The van der Waals surface area contributed by atoms with Crippen molar-refractivity contribution in [3.8, 4) is 50.4 Å². The molecule has 63 heavy (non-hydrogen) atoms. The first-order valence-corrected chi connectivity index (χ1v) is 21.7. The summed E-state index contributed by atoms with van der Waals surface area (Å²) in [6.07, 6.45) is 0. The maximum Gasteiger partial charge on any atom is 0.0619 e. The summed E-state index contributed by atoms with van der Waals surface area (Å²) >= 11 is 0. The molecule has 3 heterocycles. The van der Waals surface area contributed by atoms with Crippen molar-refractivity contribution in [2.75, 3.05) is 0 Å². The van der Waals surface area contributed by atoms with E-state index in [9.17, 15) is 0 Å². The van der Waals surface area contributed by atoms with Crippen LogP contribution in [0.2, 0.25) is 0 Å². The zero-order chi connectivity index (χ0) is 41.4. The van der Waals surface area contributed by atoms with Crippen LogP contribution in [-0.2, 0) is 0 Å². The van der Waals surface area contributed by atoms with Crippen LogP contribution in [0.15, 0.2) is 237 Å². The molecule has 0 spiro atoms. The number of nitrogens with zero attached hydrogens (tertiary/aromatic N) is 3. The second-order valence-corrected chi connectivity index (χ2v) is 16.5. The van der Waals surface area contributed by atoms with Gasteiger partial charge in [0.1, 0.15) is 0 Å². The first-order chi connectivity index (χ1) is 31.3. The Kier molecular flexibility index (Phi) is 7.91. The smallest absolute Gasteiger partial charge is 0.0619 e. The Hall–Kier alpha value is -8.40. The van der Waals surface area contributed by atoms with Gasteiger partial charge in [-0.25, -0.2) is 0 Å². The molecule has 0 saturated carbocycles. The van der Waals surface area contributed by atoms with Gasteiger partial charge in [-0.15, -0.1) is 0 Å². The van der Waals surface area contributed by atoms with Gasteiger partial charge in [0.05, 0.1) is 33.1 Å². The number of benzene rings is 10. The Morgan fingerprint density at radius 2 is 0.571 bits per heavy atom. The largest absolute Gasteiger partial charge is 0.309 e. The summed E-state index contributed by atoms with van der Waals surface area (Å²) < 4.78 is 7.29. The van der Waals surface area contributed by atoms with E-state index in [2.05, 4.69) is 250 Å². The quantitative estimate of drug-likeness (QED) is 0.159. The van der Waals surface area contributed by atoms with Crippen LogP contribution in [0.4, 0.5) is 0 Å². The van der Waals surface area contributed by atoms with Gasteiger partial charge in [-0.05, 0) is 107 Å². The van der Waals surface area contributed by atoms with Crippen LogP contribution in [0.1, 0.15) is 0 Å². The molecule has 3 heteroatoms. The zero-order valence-electron chi connectivity index (χ0n) is 34.4. The van der Waals surface area contributed by atoms with Crippen molar-refractivity contribution in [2.24, 2.45) is 0 Å². The molecule has 3 nitrogen and oxygen atoms in total. The van der Waals surface area contributed by atoms with Gasteiger partial charge in [-0.1, -0.05) is 152 Å². The number of aromatic nitrogens is 3. The maximum absolute atomic E-state index is 2.45. The number of fused-ring (bicyclic) bond motifs is 9. The Morgan fingerprint density at radius 1 is 0.206 bits per heavy atom. The number of hydrogen-bond donors (Lipinski definition) is 0. The first kappa shape index (κ1) is 35.4. The minimum atomic E-state index is 1.14.